The van der Waals surface area contributed by atoms with Gasteiger partial charge in [-0.1, -0.05) is 12.1 Å². The summed E-state index contributed by atoms with van der Waals surface area (Å²) in [4.78, 5) is 12.3. The van der Waals surface area contributed by atoms with E-state index < -0.39 is 0 Å². The number of aryl methyl sites for hydroxylation is 1. The molecule has 0 fully saturated rings. The number of nitrogens with one attached hydrogen (secondary N) is 2. The smallest absolute Gasteiger partial charge is 0.276 e. The first-order valence-electron chi connectivity index (χ1n) is 8.75. The number of nitrogens with zero attached hydrogens (tertiary/aromatic N) is 2. The van der Waals surface area contributed by atoms with Gasteiger partial charge in [-0.25, -0.2) is 0 Å². The quantitative estimate of drug-likeness (QED) is 0.672. The van der Waals surface area contributed by atoms with Crippen LogP contribution in [0.4, 0.5) is 17.2 Å². The average molecular weight is 362 g/mol. The molecule has 2 N–H and O–H groups in total. The van der Waals surface area contributed by atoms with Gasteiger partial charge in [0.25, 0.3) is 5.91 Å². The van der Waals surface area contributed by atoms with E-state index in [2.05, 4.69) is 20.8 Å². The molecule has 1 heterocycles. The zero-order valence-electron chi connectivity index (χ0n) is 15.6. The third-order valence-electron chi connectivity index (χ3n) is 3.67. The van der Waals surface area contributed by atoms with Gasteiger partial charge in [0.05, 0.1) is 6.10 Å². The summed E-state index contributed by atoms with van der Waals surface area (Å²) in [5.74, 6) is 1.07. The molecule has 0 unspecified atom stereocenters. The SMILES string of the molecule is Cc1cccc(NC(=O)c2ccc(Nc3ccc(OC(C)C)cc3)nn2)c1. The van der Waals surface area contributed by atoms with E-state index >= 15 is 0 Å². The first-order chi connectivity index (χ1) is 13.0. The van der Waals surface area contributed by atoms with Crippen molar-refractivity contribution in [2.75, 3.05) is 10.6 Å². The summed E-state index contributed by atoms with van der Waals surface area (Å²) in [6.45, 7) is 5.94. The van der Waals surface area contributed by atoms with Gasteiger partial charge in [-0.2, -0.15) is 0 Å². The van der Waals surface area contributed by atoms with Gasteiger partial charge < -0.3 is 15.4 Å². The normalized spacial score (nSPS) is 10.5. The van der Waals surface area contributed by atoms with Crippen LogP contribution in [0, 0.1) is 6.92 Å². The Kier molecular flexibility index (Phi) is 5.66. The molecule has 6 heteroatoms. The number of benzene rings is 2. The Hall–Kier alpha value is -3.41. The van der Waals surface area contributed by atoms with Crippen molar-refractivity contribution in [2.45, 2.75) is 26.9 Å². The summed E-state index contributed by atoms with van der Waals surface area (Å²) < 4.78 is 5.62. The topological polar surface area (TPSA) is 76.1 Å². The molecule has 0 aliphatic heterocycles. The second kappa shape index (κ2) is 8.31. The molecule has 6 nitrogen and oxygen atoms in total. The highest BCUT2D eigenvalue weighted by molar-refractivity contribution is 6.02. The molecule has 0 saturated heterocycles. The summed E-state index contributed by atoms with van der Waals surface area (Å²) in [7, 11) is 0. The molecule has 0 aliphatic rings. The van der Waals surface area contributed by atoms with Gasteiger partial charge >= 0.3 is 0 Å². The Morgan fingerprint density at radius 2 is 1.74 bits per heavy atom. The lowest BCUT2D eigenvalue weighted by Crippen LogP contribution is -2.14. The number of hydrogen-bond acceptors (Lipinski definition) is 5. The number of ether oxygens (including phenoxy) is 1. The van der Waals surface area contributed by atoms with Crippen LogP contribution < -0.4 is 15.4 Å². The molecule has 0 saturated carbocycles. The van der Waals surface area contributed by atoms with Gasteiger partial charge in [-0.05, 0) is 74.9 Å². The molecule has 0 atom stereocenters. The van der Waals surface area contributed by atoms with Crippen molar-refractivity contribution in [3.63, 3.8) is 0 Å². The zero-order chi connectivity index (χ0) is 19.2. The highest BCUT2D eigenvalue weighted by Crippen LogP contribution is 2.19. The summed E-state index contributed by atoms with van der Waals surface area (Å²) in [6, 6.07) is 18.5. The van der Waals surface area contributed by atoms with Crippen molar-refractivity contribution in [3.05, 3.63) is 71.9 Å². The van der Waals surface area contributed by atoms with Crippen molar-refractivity contribution >= 4 is 23.1 Å². The lowest BCUT2D eigenvalue weighted by Gasteiger charge is -2.11. The first kappa shape index (κ1) is 18.4. The lowest BCUT2D eigenvalue weighted by atomic mass is 10.2. The molecule has 2 aromatic carbocycles. The second-order valence-corrected chi connectivity index (χ2v) is 6.44. The van der Waals surface area contributed by atoms with E-state index in [-0.39, 0.29) is 17.7 Å². The number of anilines is 3. The van der Waals surface area contributed by atoms with Crippen molar-refractivity contribution in [1.82, 2.24) is 10.2 Å². The monoisotopic (exact) mass is 362 g/mol. The number of aromatic nitrogens is 2. The van der Waals surface area contributed by atoms with Gasteiger partial charge in [0.1, 0.15) is 5.75 Å². The van der Waals surface area contributed by atoms with Gasteiger partial charge in [0.2, 0.25) is 0 Å². The zero-order valence-corrected chi connectivity index (χ0v) is 15.6. The standard InChI is InChI=1S/C21H22N4O2/c1-14(2)27-18-9-7-16(8-10-18)22-20-12-11-19(24-25-20)21(26)23-17-6-4-5-15(3)13-17/h4-14H,1-3H3,(H,22,25)(H,23,26). The Morgan fingerprint density at radius 1 is 0.963 bits per heavy atom. The van der Waals surface area contributed by atoms with E-state index in [4.69, 9.17) is 4.74 Å². The second-order valence-electron chi connectivity index (χ2n) is 6.44. The Labute approximate surface area is 158 Å². The highest BCUT2D eigenvalue weighted by Gasteiger charge is 2.09. The fourth-order valence-electron chi connectivity index (χ4n) is 2.47. The predicted octanol–water partition coefficient (Wildman–Crippen LogP) is 4.57. The van der Waals surface area contributed by atoms with E-state index in [0.29, 0.717) is 5.82 Å². The van der Waals surface area contributed by atoms with Crippen LogP contribution >= 0.6 is 0 Å². The van der Waals surface area contributed by atoms with E-state index in [9.17, 15) is 4.79 Å². The van der Waals surface area contributed by atoms with Crippen LogP contribution in [0.3, 0.4) is 0 Å². The molecule has 138 valence electrons. The molecule has 1 aromatic heterocycles. The van der Waals surface area contributed by atoms with Crippen LogP contribution in [-0.2, 0) is 0 Å². The molecule has 0 radical (unpaired) electrons. The molecule has 3 rings (SSSR count). The van der Waals surface area contributed by atoms with Crippen LogP contribution in [-0.4, -0.2) is 22.2 Å². The van der Waals surface area contributed by atoms with Gasteiger partial charge in [0, 0.05) is 11.4 Å². The number of rotatable bonds is 6. The third-order valence-corrected chi connectivity index (χ3v) is 3.67. The number of carbonyl (C=O) groups excluding carboxylic acids is 1. The largest absolute Gasteiger partial charge is 0.491 e. The molecule has 1 amide bonds. The molecular weight excluding hydrogens is 340 g/mol. The summed E-state index contributed by atoms with van der Waals surface area (Å²) in [5, 5.41) is 14.0. The number of carbonyl (C=O) groups is 1. The minimum atomic E-state index is -0.296. The Bertz CT molecular complexity index is 906. The maximum atomic E-state index is 12.3. The maximum absolute atomic E-state index is 12.3. The van der Waals surface area contributed by atoms with Crippen LogP contribution in [0.1, 0.15) is 29.9 Å². The fraction of sp³-hybridized carbons (Fsp3) is 0.190. The molecule has 3 aromatic rings. The lowest BCUT2D eigenvalue weighted by molar-refractivity contribution is 0.102. The third kappa shape index (κ3) is 5.28. The fourth-order valence-corrected chi connectivity index (χ4v) is 2.47. The summed E-state index contributed by atoms with van der Waals surface area (Å²) in [5.41, 5.74) is 2.91. The van der Waals surface area contributed by atoms with Gasteiger partial charge in [0.15, 0.2) is 11.5 Å². The first-order valence-corrected chi connectivity index (χ1v) is 8.75. The minimum absolute atomic E-state index is 0.133. The van der Waals surface area contributed by atoms with E-state index in [1.165, 1.54) is 0 Å². The Morgan fingerprint density at radius 3 is 2.37 bits per heavy atom. The van der Waals surface area contributed by atoms with E-state index in [1.807, 2.05) is 69.3 Å². The van der Waals surface area contributed by atoms with E-state index in [1.54, 1.807) is 12.1 Å². The van der Waals surface area contributed by atoms with Crippen molar-refractivity contribution in [1.29, 1.82) is 0 Å². The van der Waals surface area contributed by atoms with E-state index in [0.717, 1.165) is 22.7 Å². The molecule has 0 spiro atoms. The van der Waals surface area contributed by atoms with Crippen LogP contribution in [0.25, 0.3) is 0 Å². The number of hydrogen-bond donors (Lipinski definition) is 2. The minimum Gasteiger partial charge on any atom is -0.491 e. The summed E-state index contributed by atoms with van der Waals surface area (Å²) >= 11 is 0. The Balaban J connectivity index is 1.62. The average Bonchev–Trinajstić information content (AvgIpc) is 2.63. The highest BCUT2D eigenvalue weighted by atomic mass is 16.5. The van der Waals surface area contributed by atoms with Gasteiger partial charge in [-0.3, -0.25) is 4.79 Å². The van der Waals surface area contributed by atoms with Crippen LogP contribution in [0.2, 0.25) is 0 Å². The molecule has 27 heavy (non-hydrogen) atoms. The predicted molar refractivity (Wildman–Crippen MR) is 107 cm³/mol. The van der Waals surface area contributed by atoms with Gasteiger partial charge in [-0.15, -0.1) is 10.2 Å². The number of amides is 1. The van der Waals surface area contributed by atoms with Crippen LogP contribution in [0.5, 0.6) is 5.75 Å². The molecule has 0 bridgehead atoms. The van der Waals surface area contributed by atoms with Crippen molar-refractivity contribution in [3.8, 4) is 5.75 Å². The maximum Gasteiger partial charge on any atom is 0.276 e. The van der Waals surface area contributed by atoms with Crippen molar-refractivity contribution in [2.24, 2.45) is 0 Å². The molecule has 0 aliphatic carbocycles. The van der Waals surface area contributed by atoms with Crippen molar-refractivity contribution < 1.29 is 9.53 Å². The van der Waals surface area contributed by atoms with Crippen LogP contribution in [0.15, 0.2) is 60.7 Å². The molecular formula is C21H22N4O2. The summed E-state index contributed by atoms with van der Waals surface area (Å²) in [6.07, 6.45) is 0.133.